The van der Waals surface area contributed by atoms with E-state index in [-0.39, 0.29) is 23.8 Å². The zero-order valence-electron chi connectivity index (χ0n) is 25.7. The van der Waals surface area contributed by atoms with Gasteiger partial charge in [-0.25, -0.2) is 9.59 Å². The smallest absolute Gasteiger partial charge is 0.407 e. The highest BCUT2D eigenvalue weighted by Crippen LogP contribution is 2.14. The zero-order valence-corrected chi connectivity index (χ0v) is 33.9. The molecule has 0 rings (SSSR count). The maximum Gasteiger partial charge on any atom is 0.407 e. The quantitative estimate of drug-likeness (QED) is 0.0160. The first-order valence-electron chi connectivity index (χ1n) is 13.5. The molecular formula is C23H44N4O10S10. The summed E-state index contributed by atoms with van der Waals surface area (Å²) in [5.41, 5.74) is 0. The largest absolute Gasteiger partial charge is 0.438 e. The number of carbonyl (C=O) groups excluding carboxylic acids is 2. The van der Waals surface area contributed by atoms with E-state index in [9.17, 15) is 9.59 Å². The Hall–Kier alpha value is 0.820. The van der Waals surface area contributed by atoms with Crippen LogP contribution >= 0.6 is 118 Å². The van der Waals surface area contributed by atoms with Crippen molar-refractivity contribution in [3.63, 3.8) is 0 Å². The number of hydrogen-bond acceptors (Lipinski definition) is 22. The third-order valence-electron chi connectivity index (χ3n) is 3.96. The van der Waals surface area contributed by atoms with Gasteiger partial charge in [-0.15, -0.1) is 118 Å². The third-order valence-corrected chi connectivity index (χ3v) is 14.0. The molecule has 0 saturated carbocycles. The van der Waals surface area contributed by atoms with Crippen molar-refractivity contribution < 1.29 is 48.8 Å². The Morgan fingerprint density at radius 2 is 0.915 bits per heavy atom. The van der Waals surface area contributed by atoms with Gasteiger partial charge in [-0.2, -0.15) is 9.78 Å². The number of carbonyl (C=O) groups is 2. The summed E-state index contributed by atoms with van der Waals surface area (Å²) < 4.78 is 10.1. The van der Waals surface area contributed by atoms with E-state index in [0.29, 0.717) is 48.2 Å². The molecular weight excluding hydrogens is 813 g/mol. The van der Waals surface area contributed by atoms with Gasteiger partial charge < -0.3 is 40.1 Å². The molecule has 0 radical (unpaired) electrons. The van der Waals surface area contributed by atoms with Gasteiger partial charge in [0.25, 0.3) is 0 Å². The van der Waals surface area contributed by atoms with E-state index >= 15 is 0 Å². The molecule has 276 valence electrons. The monoisotopic (exact) mass is 856 g/mol. The van der Waals surface area contributed by atoms with Crippen molar-refractivity contribution >= 4 is 143 Å². The summed E-state index contributed by atoms with van der Waals surface area (Å²) in [5, 5.41) is 26.6. The lowest BCUT2D eigenvalue weighted by atomic mass is 10.7. The Kier molecular flexibility index (Phi) is 43.7. The van der Waals surface area contributed by atoms with Crippen LogP contribution in [0.5, 0.6) is 0 Å². The van der Waals surface area contributed by atoms with Crippen LogP contribution in [0.25, 0.3) is 0 Å². The van der Waals surface area contributed by atoms with Gasteiger partial charge in [0.2, 0.25) is 12.8 Å². The Labute approximate surface area is 319 Å². The van der Waals surface area contributed by atoms with Crippen LogP contribution in [0.2, 0.25) is 0 Å². The van der Waals surface area contributed by atoms with Crippen molar-refractivity contribution in [2.45, 2.75) is 0 Å². The minimum atomic E-state index is -0.430. The van der Waals surface area contributed by atoms with Crippen LogP contribution < -0.4 is 10.6 Å². The molecule has 0 aliphatic heterocycles. The van der Waals surface area contributed by atoms with E-state index in [2.05, 4.69) is 20.6 Å². The van der Waals surface area contributed by atoms with Gasteiger partial charge in [-0.1, -0.05) is 0 Å². The number of ether oxygens (including phenoxy) is 2. The summed E-state index contributed by atoms with van der Waals surface area (Å²) in [6.07, 6.45) is 1.72. The Morgan fingerprint density at radius 3 is 1.36 bits per heavy atom. The van der Waals surface area contributed by atoms with E-state index < -0.39 is 12.2 Å². The number of aliphatic imine (C=N–C) groups is 2. The predicted octanol–water partition coefficient (Wildman–Crippen LogP) is 5.24. The van der Waals surface area contributed by atoms with Crippen molar-refractivity contribution in [2.24, 2.45) is 9.98 Å². The molecule has 0 unspecified atom stereocenters. The molecule has 0 aliphatic carbocycles. The molecule has 47 heavy (non-hydrogen) atoms. The van der Waals surface area contributed by atoms with Crippen molar-refractivity contribution in [1.82, 2.24) is 10.6 Å². The van der Waals surface area contributed by atoms with Gasteiger partial charge in [0, 0.05) is 61.5 Å². The Balaban J connectivity index is 3.27. The molecule has 0 aromatic rings. The van der Waals surface area contributed by atoms with Crippen molar-refractivity contribution in [3.05, 3.63) is 0 Å². The standard InChI is InChI=1S/C23H44N4O10S10/c28-11-42-19-44-13-32-22(30)26-3-7-40-17-39-6-2-25-10-35-37-16-47-21-45-14-33-23(31)27-4-8-41-18-38-5-1-24-9-34-36-15-46-20-43-12-29/h9-10,28-29H,1-8,11-21H2,(H,26,30)(H,27,31)/b24-9-,25-10+. The molecule has 0 fully saturated rings. The van der Waals surface area contributed by atoms with Gasteiger partial charge in [0.15, 0.2) is 0 Å². The van der Waals surface area contributed by atoms with Crippen molar-refractivity contribution in [3.8, 4) is 0 Å². The number of thioether (sulfide) groups is 10. The van der Waals surface area contributed by atoms with E-state index in [0.717, 1.165) is 38.3 Å². The van der Waals surface area contributed by atoms with E-state index in [1.54, 1.807) is 47.0 Å². The van der Waals surface area contributed by atoms with Crippen LogP contribution in [0.1, 0.15) is 0 Å². The van der Waals surface area contributed by atoms with Crippen molar-refractivity contribution in [2.75, 3.05) is 110 Å². The molecule has 0 aliphatic rings. The van der Waals surface area contributed by atoms with Gasteiger partial charge in [0.1, 0.15) is 23.8 Å². The van der Waals surface area contributed by atoms with E-state index in [1.807, 2.05) is 0 Å². The number of alkyl carbamates (subject to hydrolysis) is 2. The van der Waals surface area contributed by atoms with Crippen LogP contribution in [0.15, 0.2) is 9.98 Å². The van der Waals surface area contributed by atoms with E-state index in [1.165, 1.54) is 83.4 Å². The molecule has 0 heterocycles. The van der Waals surface area contributed by atoms with Gasteiger partial charge in [0.05, 0.1) is 25.0 Å². The summed E-state index contributed by atoms with van der Waals surface area (Å²) in [4.78, 5) is 51.0. The number of aliphatic hydroxyl groups is 2. The van der Waals surface area contributed by atoms with Crippen LogP contribution in [0.4, 0.5) is 9.59 Å². The summed E-state index contributed by atoms with van der Waals surface area (Å²) in [5.74, 6) is 4.70. The minimum absolute atomic E-state index is 0.0647. The van der Waals surface area contributed by atoms with Crippen LogP contribution in [0, 0.1) is 0 Å². The van der Waals surface area contributed by atoms with Crippen LogP contribution in [-0.4, -0.2) is 145 Å². The van der Waals surface area contributed by atoms with Gasteiger partial charge in [-0.05, 0) is 0 Å². The van der Waals surface area contributed by atoms with Crippen molar-refractivity contribution in [1.29, 1.82) is 0 Å². The molecule has 14 nitrogen and oxygen atoms in total. The fraction of sp³-hybridized carbons (Fsp3) is 0.826. The normalized spacial score (nSPS) is 11.3. The van der Waals surface area contributed by atoms with Crippen LogP contribution in [-0.2, 0) is 29.0 Å². The molecule has 4 N–H and O–H groups in total. The van der Waals surface area contributed by atoms with Crippen LogP contribution in [0.3, 0.4) is 0 Å². The Morgan fingerprint density at radius 1 is 0.532 bits per heavy atom. The fourth-order valence-electron chi connectivity index (χ4n) is 2.07. The lowest BCUT2D eigenvalue weighted by Crippen LogP contribution is -2.26. The topological polar surface area (TPSA) is 179 Å². The highest BCUT2D eigenvalue weighted by atomic mass is 32.2. The first-order valence-corrected chi connectivity index (χ1v) is 25.1. The molecule has 2 amide bonds. The number of rotatable bonds is 36. The number of nitrogens with one attached hydrogen (secondary N) is 2. The number of nitrogens with zero attached hydrogens (tertiary/aromatic N) is 2. The third kappa shape index (κ3) is 42.9. The second-order valence-electron chi connectivity index (χ2n) is 7.35. The summed E-state index contributed by atoms with van der Waals surface area (Å²) in [7, 11) is 0. The SMILES string of the molecule is O=C(NCCSCSCC/N=C/OOCSCSCOC(=O)NCCSCSCC/N=C\OOCSCSCO)OCSCSCO. The summed E-state index contributed by atoms with van der Waals surface area (Å²) in [6, 6.07) is 0. The average molecular weight is 857 g/mol. The second-order valence-corrected chi connectivity index (χ2v) is 19.2. The number of amides is 2. The summed E-state index contributed by atoms with van der Waals surface area (Å²) in [6.45, 7) is 2.33. The fourth-order valence-corrected chi connectivity index (χ4v) is 9.59. The molecule has 0 atom stereocenters. The Bertz CT molecular complexity index is 761. The molecule has 0 aromatic carbocycles. The average Bonchev–Trinajstić information content (AvgIpc) is 3.07. The maximum atomic E-state index is 11.7. The van der Waals surface area contributed by atoms with E-state index in [4.69, 9.17) is 39.2 Å². The zero-order chi connectivity index (χ0) is 34.1. The first-order chi connectivity index (χ1) is 23.2. The maximum absolute atomic E-state index is 11.7. The number of hydrogen-bond donors (Lipinski definition) is 4. The molecule has 0 spiro atoms. The lowest BCUT2D eigenvalue weighted by molar-refractivity contribution is -0.196. The second kappa shape index (κ2) is 43.0. The summed E-state index contributed by atoms with van der Waals surface area (Å²) >= 11 is 15.6. The molecule has 0 aromatic heterocycles. The highest BCUT2D eigenvalue weighted by Gasteiger charge is 2.02. The predicted molar refractivity (Wildman–Crippen MR) is 213 cm³/mol. The molecule has 0 saturated heterocycles. The van der Waals surface area contributed by atoms with Gasteiger partial charge >= 0.3 is 12.2 Å². The highest BCUT2D eigenvalue weighted by molar-refractivity contribution is 8.17. The lowest BCUT2D eigenvalue weighted by Gasteiger charge is -2.06. The molecule has 24 heteroatoms. The van der Waals surface area contributed by atoms with Gasteiger partial charge in [-0.3, -0.25) is 9.98 Å². The number of aliphatic hydroxyl groups excluding tert-OH is 2. The molecule has 0 bridgehead atoms. The minimum Gasteiger partial charge on any atom is -0.438 e. The first kappa shape index (κ1) is 47.8.